The van der Waals surface area contributed by atoms with E-state index in [4.69, 9.17) is 40.6 Å². The number of benzene rings is 1. The molecule has 2 aromatic heterocycles. The fourth-order valence-electron chi connectivity index (χ4n) is 4.37. The number of nitrogens with zero attached hydrogens (tertiary/aromatic N) is 4. The average molecular weight is 612 g/mol. The molecule has 1 aliphatic heterocycles. The number of rotatable bonds is 12. The first-order chi connectivity index (χ1) is 19.3. The Labute approximate surface area is 242 Å². The maximum Gasteiger partial charge on any atom is 0.380 e. The Bertz CT molecular complexity index is 1410. The number of halogens is 1. The predicted molar refractivity (Wildman–Crippen MR) is 151 cm³/mol. The third-order valence-corrected chi connectivity index (χ3v) is 8.77. The molecule has 1 aliphatic rings. The summed E-state index contributed by atoms with van der Waals surface area (Å²) in [7, 11) is -3.96. The highest BCUT2D eigenvalue weighted by atomic mass is 35.5. The van der Waals surface area contributed by atoms with Gasteiger partial charge in [0.1, 0.15) is 22.8 Å². The molecule has 0 radical (unpaired) electrons. The number of anilines is 1. The smallest absolute Gasteiger partial charge is 0.380 e. The van der Waals surface area contributed by atoms with Gasteiger partial charge in [0, 0.05) is 0 Å². The molecule has 0 bridgehead atoms. The van der Waals surface area contributed by atoms with Crippen LogP contribution in [0, 0.1) is 5.92 Å². The van der Waals surface area contributed by atoms with Crippen LogP contribution in [0.4, 0.5) is 5.95 Å². The van der Waals surface area contributed by atoms with E-state index in [0.29, 0.717) is 23.5 Å². The minimum atomic E-state index is -3.96. The average Bonchev–Trinajstić information content (AvgIpc) is 3.41. The number of alkyl halides is 1. The molecule has 0 aliphatic carbocycles. The molecule has 6 atom stereocenters. The van der Waals surface area contributed by atoms with Crippen molar-refractivity contribution in [2.75, 3.05) is 25.1 Å². The Kier molecular flexibility index (Phi) is 9.45. The lowest BCUT2D eigenvalue weighted by Crippen LogP contribution is -2.40. The standard InChI is InChI=1S/C26H35ClN5O8P/c1-6-36-22-19-21(30-25(28)31-22)32(14-29-19)24-26(5,27)20(33)18(39-24)12-37-41(35,40-17-10-8-7-9-11-17)13-16(4)23(34)38-15(2)3/h7-11,14-16,18,20,24,33H,6,12-13H2,1-5H3,(H2,28,30,31)/t16-,18-,20-,24-,26-,41?/m1/s1. The molecule has 4 rings (SSSR count). The first-order valence-electron chi connectivity index (χ1n) is 13.2. The highest BCUT2D eigenvalue weighted by Crippen LogP contribution is 2.52. The van der Waals surface area contributed by atoms with Crippen molar-refractivity contribution in [3.8, 4) is 11.6 Å². The van der Waals surface area contributed by atoms with Gasteiger partial charge < -0.3 is 29.6 Å². The minimum Gasteiger partial charge on any atom is -0.476 e. The molecule has 1 aromatic carbocycles. The van der Waals surface area contributed by atoms with E-state index >= 15 is 0 Å². The van der Waals surface area contributed by atoms with Gasteiger partial charge in [-0.05, 0) is 39.8 Å². The normalized spacial score (nSPS) is 24.7. The molecule has 41 heavy (non-hydrogen) atoms. The molecule has 13 nitrogen and oxygen atoms in total. The third-order valence-electron chi connectivity index (χ3n) is 6.33. The van der Waals surface area contributed by atoms with Gasteiger partial charge in [-0.1, -0.05) is 25.1 Å². The predicted octanol–water partition coefficient (Wildman–Crippen LogP) is 3.94. The van der Waals surface area contributed by atoms with E-state index < -0.39 is 42.8 Å². The maximum atomic E-state index is 13.9. The van der Waals surface area contributed by atoms with Crippen molar-refractivity contribution in [3.05, 3.63) is 36.7 Å². The molecule has 15 heteroatoms. The SMILES string of the molecule is CCOc1nc(N)nc2c1ncn2[C@@H]1O[C@H](COP(=O)(C[C@@H](C)C(=O)OC(C)C)Oc2ccccc2)[C@@H](O)[C@@]1(C)Cl. The fraction of sp³-hybridized carbons (Fsp3) is 0.538. The van der Waals surface area contributed by atoms with Gasteiger partial charge in [0.2, 0.25) is 11.8 Å². The lowest BCUT2D eigenvalue weighted by Gasteiger charge is -2.26. The zero-order valence-electron chi connectivity index (χ0n) is 23.5. The van der Waals surface area contributed by atoms with E-state index in [2.05, 4.69) is 15.0 Å². The van der Waals surface area contributed by atoms with Crippen molar-refractivity contribution in [2.45, 2.75) is 64.0 Å². The summed E-state index contributed by atoms with van der Waals surface area (Å²) in [6, 6.07) is 8.45. The van der Waals surface area contributed by atoms with E-state index in [1.807, 2.05) is 0 Å². The largest absolute Gasteiger partial charge is 0.476 e. The van der Waals surface area contributed by atoms with Crippen molar-refractivity contribution in [1.82, 2.24) is 19.5 Å². The van der Waals surface area contributed by atoms with Crippen LogP contribution >= 0.6 is 19.2 Å². The Morgan fingerprint density at radius 2 is 1.98 bits per heavy atom. The van der Waals surface area contributed by atoms with Crippen LogP contribution in [-0.2, 0) is 23.4 Å². The Morgan fingerprint density at radius 3 is 2.63 bits per heavy atom. The number of hydrogen-bond donors (Lipinski definition) is 2. The Morgan fingerprint density at radius 1 is 1.27 bits per heavy atom. The number of ether oxygens (including phenoxy) is 3. The molecule has 3 N–H and O–H groups in total. The van der Waals surface area contributed by atoms with Crippen LogP contribution in [0.5, 0.6) is 11.6 Å². The second kappa shape index (κ2) is 12.5. The lowest BCUT2D eigenvalue weighted by atomic mass is 10.0. The van der Waals surface area contributed by atoms with E-state index in [1.165, 1.54) is 10.9 Å². The zero-order valence-corrected chi connectivity index (χ0v) is 25.1. The lowest BCUT2D eigenvalue weighted by molar-refractivity contribution is -0.151. The Hall–Kier alpha value is -2.96. The molecule has 224 valence electrons. The van der Waals surface area contributed by atoms with Gasteiger partial charge in [0.15, 0.2) is 17.4 Å². The second-order valence-corrected chi connectivity index (χ2v) is 13.0. The van der Waals surface area contributed by atoms with Crippen LogP contribution in [0.2, 0.25) is 0 Å². The summed E-state index contributed by atoms with van der Waals surface area (Å²) >= 11 is 6.82. The number of aromatic nitrogens is 4. The van der Waals surface area contributed by atoms with Crippen LogP contribution in [0.25, 0.3) is 11.2 Å². The highest BCUT2D eigenvalue weighted by Gasteiger charge is 2.54. The van der Waals surface area contributed by atoms with E-state index in [-0.39, 0.29) is 30.7 Å². The number of esters is 1. The number of hydrogen-bond acceptors (Lipinski definition) is 12. The quantitative estimate of drug-likeness (QED) is 0.172. The van der Waals surface area contributed by atoms with Gasteiger partial charge in [-0.15, -0.1) is 11.6 Å². The van der Waals surface area contributed by atoms with Gasteiger partial charge in [-0.25, -0.2) is 9.55 Å². The first kappa shape index (κ1) is 31.0. The topological polar surface area (TPSA) is 170 Å². The van der Waals surface area contributed by atoms with Crippen LogP contribution in [0.15, 0.2) is 36.7 Å². The van der Waals surface area contributed by atoms with Crippen LogP contribution in [0.3, 0.4) is 0 Å². The maximum absolute atomic E-state index is 13.9. The van der Waals surface area contributed by atoms with Crippen LogP contribution < -0.4 is 15.0 Å². The van der Waals surface area contributed by atoms with Gasteiger partial charge in [-0.3, -0.25) is 13.9 Å². The molecule has 0 saturated carbocycles. The van der Waals surface area contributed by atoms with Gasteiger partial charge in [0.05, 0.1) is 37.7 Å². The number of carbonyl (C=O) groups excluding carboxylic acids is 1. The van der Waals surface area contributed by atoms with E-state index in [9.17, 15) is 14.5 Å². The second-order valence-electron chi connectivity index (χ2n) is 10.1. The van der Waals surface area contributed by atoms with Crippen LogP contribution in [0.1, 0.15) is 40.8 Å². The number of nitrogen functional groups attached to an aromatic ring is 1. The van der Waals surface area contributed by atoms with Gasteiger partial charge in [-0.2, -0.15) is 9.97 Å². The summed E-state index contributed by atoms with van der Waals surface area (Å²) in [5.74, 6) is -0.880. The number of aliphatic hydroxyl groups is 1. The molecule has 3 heterocycles. The number of nitrogens with two attached hydrogens (primary N) is 1. The summed E-state index contributed by atoms with van der Waals surface area (Å²) in [6.07, 6.45) is -2.45. The summed E-state index contributed by atoms with van der Waals surface area (Å²) in [5.41, 5.74) is 6.52. The summed E-state index contributed by atoms with van der Waals surface area (Å²) in [5, 5.41) is 11.1. The third kappa shape index (κ3) is 6.92. The molecule has 1 unspecified atom stereocenters. The van der Waals surface area contributed by atoms with Crippen molar-refractivity contribution in [3.63, 3.8) is 0 Å². The summed E-state index contributed by atoms with van der Waals surface area (Å²) in [6.45, 7) is 8.39. The number of aliphatic hydroxyl groups excluding tert-OH is 1. The van der Waals surface area contributed by atoms with Crippen molar-refractivity contribution >= 4 is 42.3 Å². The zero-order chi connectivity index (χ0) is 29.9. The molecule has 0 spiro atoms. The number of para-hydroxylation sites is 1. The van der Waals surface area contributed by atoms with E-state index in [0.717, 1.165) is 0 Å². The summed E-state index contributed by atoms with van der Waals surface area (Å²) in [4.78, 5) is 23.8. The first-order valence-corrected chi connectivity index (χ1v) is 15.3. The highest BCUT2D eigenvalue weighted by molar-refractivity contribution is 7.54. The van der Waals surface area contributed by atoms with Crippen molar-refractivity contribution in [1.29, 1.82) is 0 Å². The van der Waals surface area contributed by atoms with Crippen LogP contribution in [-0.4, -0.2) is 73.2 Å². The minimum absolute atomic E-state index is 0.0403. The molecular formula is C26H35ClN5O8P. The molecule has 3 aromatic rings. The van der Waals surface area contributed by atoms with Gasteiger partial charge in [0.25, 0.3) is 0 Å². The van der Waals surface area contributed by atoms with Gasteiger partial charge >= 0.3 is 13.6 Å². The molecule has 1 saturated heterocycles. The molecular weight excluding hydrogens is 577 g/mol. The Balaban J connectivity index is 1.56. The number of imidazole rings is 1. The summed E-state index contributed by atoms with van der Waals surface area (Å²) < 4.78 is 44.0. The van der Waals surface area contributed by atoms with Crippen molar-refractivity contribution in [2.24, 2.45) is 5.92 Å². The fourth-order valence-corrected chi connectivity index (χ4v) is 6.54. The molecule has 0 amide bonds. The number of carbonyl (C=O) groups is 1. The van der Waals surface area contributed by atoms with Crippen molar-refractivity contribution < 1.29 is 37.7 Å². The molecule has 1 fully saturated rings. The van der Waals surface area contributed by atoms with E-state index in [1.54, 1.807) is 65.0 Å². The number of fused-ring (bicyclic) bond motifs is 1. The monoisotopic (exact) mass is 611 g/mol.